The maximum atomic E-state index is 2.36. The van der Waals surface area contributed by atoms with Crippen LogP contribution >= 0.6 is 0 Å². The Hall–Kier alpha value is -2.28. The predicted molar refractivity (Wildman–Crippen MR) is 118 cm³/mol. The van der Waals surface area contributed by atoms with Crippen molar-refractivity contribution < 1.29 is 0 Å². The summed E-state index contributed by atoms with van der Waals surface area (Å²) in [5.41, 5.74) is 8.71. The fraction of sp³-hybridized carbons (Fsp3) is 0.280. The summed E-state index contributed by atoms with van der Waals surface area (Å²) in [6, 6.07) is 27.0. The Labute approximate surface area is 159 Å². The van der Waals surface area contributed by atoms with Crippen LogP contribution in [0.5, 0.6) is 0 Å². The molecule has 0 aliphatic heterocycles. The van der Waals surface area contributed by atoms with Gasteiger partial charge in [-0.25, -0.2) is 0 Å². The number of unbranched alkanes of at least 4 members (excludes halogenated alkanes) is 1. The van der Waals surface area contributed by atoms with Crippen molar-refractivity contribution in [2.24, 2.45) is 0 Å². The third-order valence-corrected chi connectivity index (χ3v) is 6.15. The number of hydrogen-bond donors (Lipinski definition) is 0. The standard InChI is InChI=1S/C25H30B/c1-5-6-19-26(23-16-10-7-13-20(23)2,24-17-11-8-14-21(24)3)25-18-12-9-15-22(25)4/h7-18H,5-6,19H2,1-4H3/q-1. The maximum Gasteiger partial charge on any atom is 0.0824 e. The average Bonchev–Trinajstić information content (AvgIpc) is 2.65. The second kappa shape index (κ2) is 7.95. The highest BCUT2D eigenvalue weighted by Gasteiger charge is 2.32. The van der Waals surface area contributed by atoms with E-state index in [-0.39, 0.29) is 0 Å². The van der Waals surface area contributed by atoms with Crippen molar-refractivity contribution >= 4 is 22.5 Å². The summed E-state index contributed by atoms with van der Waals surface area (Å²) < 4.78 is 0. The summed E-state index contributed by atoms with van der Waals surface area (Å²) in [6.45, 7) is 9.12. The number of hydrogen-bond acceptors (Lipinski definition) is 0. The molecule has 0 amide bonds. The highest BCUT2D eigenvalue weighted by atomic mass is 14.1. The lowest BCUT2D eigenvalue weighted by Gasteiger charge is -2.46. The van der Waals surface area contributed by atoms with Crippen LogP contribution in [0.2, 0.25) is 6.32 Å². The lowest BCUT2D eigenvalue weighted by Crippen LogP contribution is -2.68. The molecule has 3 aromatic rings. The normalized spacial score (nSPS) is 11.5. The third kappa shape index (κ3) is 3.23. The average molecular weight is 341 g/mol. The van der Waals surface area contributed by atoms with Crippen molar-refractivity contribution in [2.45, 2.75) is 46.9 Å². The van der Waals surface area contributed by atoms with E-state index in [2.05, 4.69) is 100 Å². The smallest absolute Gasteiger partial charge is 0.0824 e. The van der Waals surface area contributed by atoms with Crippen molar-refractivity contribution in [3.63, 3.8) is 0 Å². The van der Waals surface area contributed by atoms with Crippen molar-refractivity contribution in [1.29, 1.82) is 0 Å². The summed E-state index contributed by atoms with van der Waals surface area (Å²) in [5.74, 6) is 0. The molecule has 3 rings (SSSR count). The lowest BCUT2D eigenvalue weighted by molar-refractivity contribution is 0.874. The molecule has 3 aromatic carbocycles. The van der Waals surface area contributed by atoms with Gasteiger partial charge in [0.05, 0.1) is 6.15 Å². The van der Waals surface area contributed by atoms with Crippen LogP contribution in [0.15, 0.2) is 72.8 Å². The molecule has 0 aliphatic rings. The largest absolute Gasteiger partial charge is 0.197 e. The molecule has 0 aromatic heterocycles. The van der Waals surface area contributed by atoms with Gasteiger partial charge in [-0.05, 0) is 20.8 Å². The van der Waals surface area contributed by atoms with Gasteiger partial charge in [0.15, 0.2) is 0 Å². The van der Waals surface area contributed by atoms with Crippen LogP contribution in [-0.2, 0) is 0 Å². The van der Waals surface area contributed by atoms with E-state index in [9.17, 15) is 0 Å². The second-order valence-corrected chi connectivity index (χ2v) is 7.76. The van der Waals surface area contributed by atoms with E-state index < -0.39 is 6.15 Å². The van der Waals surface area contributed by atoms with E-state index in [1.807, 2.05) is 0 Å². The molecule has 0 heterocycles. The molecule has 0 radical (unpaired) electrons. The van der Waals surface area contributed by atoms with E-state index in [4.69, 9.17) is 0 Å². The SMILES string of the molecule is CCCC[B-](c1ccccc1C)(c1ccccc1C)c1ccccc1C. The number of rotatable bonds is 6. The maximum absolute atomic E-state index is 2.36. The molecular formula is C25H30B-. The molecule has 0 N–H and O–H groups in total. The van der Waals surface area contributed by atoms with Gasteiger partial charge >= 0.3 is 0 Å². The van der Waals surface area contributed by atoms with Crippen LogP contribution in [0, 0.1) is 20.8 Å². The van der Waals surface area contributed by atoms with Gasteiger partial charge < -0.3 is 0 Å². The Morgan fingerprint density at radius 2 is 0.923 bits per heavy atom. The predicted octanol–water partition coefficient (Wildman–Crippen LogP) is 4.88. The monoisotopic (exact) mass is 341 g/mol. The van der Waals surface area contributed by atoms with Crippen LogP contribution in [0.4, 0.5) is 0 Å². The van der Waals surface area contributed by atoms with Gasteiger partial charge in [0.25, 0.3) is 0 Å². The molecule has 0 saturated carbocycles. The molecular weight excluding hydrogens is 311 g/mol. The second-order valence-electron chi connectivity index (χ2n) is 7.76. The first-order chi connectivity index (χ1) is 12.6. The van der Waals surface area contributed by atoms with Crippen molar-refractivity contribution in [3.05, 3.63) is 89.5 Å². The first-order valence-electron chi connectivity index (χ1n) is 9.96. The minimum absolute atomic E-state index is 0.990. The third-order valence-electron chi connectivity index (χ3n) is 6.15. The Morgan fingerprint density at radius 3 is 1.23 bits per heavy atom. The summed E-state index contributed by atoms with van der Waals surface area (Å²) in [4.78, 5) is 0. The zero-order valence-corrected chi connectivity index (χ0v) is 16.6. The molecule has 0 atom stereocenters. The molecule has 134 valence electrons. The molecule has 1 heteroatoms. The summed E-state index contributed by atoms with van der Waals surface area (Å²) in [5, 5.41) is 0. The Bertz CT molecular complexity index is 768. The molecule has 0 saturated heterocycles. The van der Waals surface area contributed by atoms with Gasteiger partial charge in [-0.1, -0.05) is 109 Å². The van der Waals surface area contributed by atoms with E-state index in [1.54, 1.807) is 0 Å². The van der Waals surface area contributed by atoms with Gasteiger partial charge in [0.2, 0.25) is 0 Å². The lowest BCUT2D eigenvalue weighted by atomic mass is 9.13. The zero-order valence-electron chi connectivity index (χ0n) is 16.6. The van der Waals surface area contributed by atoms with Gasteiger partial charge in [-0.3, -0.25) is 0 Å². The Balaban J connectivity index is 2.41. The van der Waals surface area contributed by atoms with Crippen LogP contribution in [0.1, 0.15) is 36.5 Å². The fourth-order valence-corrected chi connectivity index (χ4v) is 4.90. The van der Waals surface area contributed by atoms with Crippen LogP contribution in [-0.4, -0.2) is 6.15 Å². The minimum Gasteiger partial charge on any atom is -0.197 e. The molecule has 0 spiro atoms. The summed E-state index contributed by atoms with van der Waals surface area (Å²) >= 11 is 0. The van der Waals surface area contributed by atoms with E-state index in [1.165, 1.54) is 52.2 Å². The molecule has 0 aliphatic carbocycles. The Morgan fingerprint density at radius 1 is 0.577 bits per heavy atom. The van der Waals surface area contributed by atoms with E-state index in [0.717, 1.165) is 0 Å². The van der Waals surface area contributed by atoms with E-state index in [0.29, 0.717) is 0 Å². The molecule has 0 nitrogen and oxygen atoms in total. The minimum atomic E-state index is -0.990. The fourth-order valence-electron chi connectivity index (χ4n) is 4.90. The molecule has 0 unspecified atom stereocenters. The first kappa shape index (κ1) is 18.5. The topological polar surface area (TPSA) is 0 Å². The van der Waals surface area contributed by atoms with Gasteiger partial charge in [0.1, 0.15) is 0 Å². The highest BCUT2D eigenvalue weighted by molar-refractivity contribution is 7.12. The molecule has 26 heavy (non-hydrogen) atoms. The number of aryl methyl sites for hydroxylation is 3. The van der Waals surface area contributed by atoms with E-state index >= 15 is 0 Å². The van der Waals surface area contributed by atoms with Crippen molar-refractivity contribution in [1.82, 2.24) is 0 Å². The number of benzene rings is 3. The van der Waals surface area contributed by atoms with Crippen LogP contribution in [0.25, 0.3) is 0 Å². The van der Waals surface area contributed by atoms with Crippen molar-refractivity contribution in [2.75, 3.05) is 0 Å². The summed E-state index contributed by atoms with van der Waals surface area (Å²) in [6.07, 6.45) is 2.65. The highest BCUT2D eigenvalue weighted by Crippen LogP contribution is 2.20. The molecule has 0 bridgehead atoms. The zero-order chi connectivity index (χ0) is 18.6. The molecule has 0 fully saturated rings. The van der Waals surface area contributed by atoms with Crippen LogP contribution < -0.4 is 16.4 Å². The van der Waals surface area contributed by atoms with Crippen LogP contribution in [0.3, 0.4) is 0 Å². The van der Waals surface area contributed by atoms with Crippen molar-refractivity contribution in [3.8, 4) is 0 Å². The summed E-state index contributed by atoms with van der Waals surface area (Å²) in [7, 11) is 0. The van der Waals surface area contributed by atoms with Gasteiger partial charge in [0, 0.05) is 0 Å². The quantitative estimate of drug-likeness (QED) is 0.561. The first-order valence-corrected chi connectivity index (χ1v) is 9.96. The van der Waals surface area contributed by atoms with Gasteiger partial charge in [-0.2, -0.15) is 22.7 Å². The van der Waals surface area contributed by atoms with Gasteiger partial charge in [-0.15, -0.1) is 0 Å². The Kier molecular flexibility index (Phi) is 5.66.